The van der Waals surface area contributed by atoms with Gasteiger partial charge in [-0.3, -0.25) is 14.6 Å². The number of hydrogen-bond acceptors (Lipinski definition) is 4. The number of carbonyl (C=O) groups is 2. The van der Waals surface area contributed by atoms with Crippen LogP contribution in [0.4, 0.5) is 13.2 Å². The molecule has 0 aromatic carbocycles. The number of aromatic nitrogens is 1. The lowest BCUT2D eigenvalue weighted by Gasteiger charge is -2.10. The van der Waals surface area contributed by atoms with Crippen LogP contribution in [0.1, 0.15) is 28.5 Å². The normalized spacial score (nSPS) is 18.3. The fraction of sp³-hybridized carbons (Fsp3) is 0.417. The standard InChI is InChI=1S/C12H10F3NO3/c1-2-19-11(18)6-5-8-9(10(6)17)7(3-4-16-8)12(13,14)15/h3-4,6H,2,5H2,1H3. The first kappa shape index (κ1) is 13.5. The number of pyridine rings is 1. The smallest absolute Gasteiger partial charge is 0.417 e. The van der Waals surface area contributed by atoms with Gasteiger partial charge in [0, 0.05) is 12.6 Å². The summed E-state index contributed by atoms with van der Waals surface area (Å²) in [5, 5.41) is 0. The molecule has 19 heavy (non-hydrogen) atoms. The molecule has 1 unspecified atom stereocenters. The molecule has 1 aromatic rings. The zero-order valence-corrected chi connectivity index (χ0v) is 9.95. The van der Waals surface area contributed by atoms with E-state index in [-0.39, 0.29) is 18.7 Å². The zero-order valence-electron chi connectivity index (χ0n) is 9.95. The van der Waals surface area contributed by atoms with Crippen molar-refractivity contribution in [2.75, 3.05) is 6.61 Å². The quantitative estimate of drug-likeness (QED) is 0.611. The molecule has 0 bridgehead atoms. The lowest BCUT2D eigenvalue weighted by atomic mass is 10.0. The minimum Gasteiger partial charge on any atom is -0.465 e. The molecule has 7 heteroatoms. The van der Waals surface area contributed by atoms with Crippen LogP contribution < -0.4 is 0 Å². The fourth-order valence-corrected chi connectivity index (χ4v) is 2.06. The summed E-state index contributed by atoms with van der Waals surface area (Å²) in [5.74, 6) is -2.89. The van der Waals surface area contributed by atoms with Crippen LogP contribution >= 0.6 is 0 Å². The van der Waals surface area contributed by atoms with Crippen LogP contribution in [0.3, 0.4) is 0 Å². The number of nitrogens with zero attached hydrogens (tertiary/aromatic N) is 1. The molecule has 0 N–H and O–H groups in total. The first-order chi connectivity index (χ1) is 8.86. The average Bonchev–Trinajstić information content (AvgIpc) is 2.66. The van der Waals surface area contributed by atoms with Crippen molar-refractivity contribution in [3.63, 3.8) is 0 Å². The summed E-state index contributed by atoms with van der Waals surface area (Å²) in [6, 6.07) is 0.740. The van der Waals surface area contributed by atoms with Crippen molar-refractivity contribution >= 4 is 11.8 Å². The Morgan fingerprint density at radius 3 is 2.79 bits per heavy atom. The molecule has 1 aromatic heterocycles. The molecule has 0 spiro atoms. The molecule has 0 aliphatic heterocycles. The van der Waals surface area contributed by atoms with Gasteiger partial charge in [-0.15, -0.1) is 0 Å². The maximum atomic E-state index is 12.8. The third-order valence-electron chi connectivity index (χ3n) is 2.87. The van der Waals surface area contributed by atoms with Crippen LogP contribution in [-0.2, 0) is 22.1 Å². The monoisotopic (exact) mass is 273 g/mol. The van der Waals surface area contributed by atoms with Gasteiger partial charge in [0.2, 0.25) is 0 Å². The van der Waals surface area contributed by atoms with E-state index in [0.29, 0.717) is 0 Å². The minimum absolute atomic E-state index is 0.00196. The van der Waals surface area contributed by atoms with Gasteiger partial charge >= 0.3 is 12.1 Å². The largest absolute Gasteiger partial charge is 0.465 e. The summed E-state index contributed by atoms with van der Waals surface area (Å²) >= 11 is 0. The highest BCUT2D eigenvalue weighted by molar-refractivity contribution is 6.12. The number of Topliss-reactive ketones (excluding diaryl/α,β-unsaturated/α-hetero) is 1. The average molecular weight is 273 g/mol. The lowest BCUT2D eigenvalue weighted by molar-refractivity contribution is -0.146. The van der Waals surface area contributed by atoms with Crippen LogP contribution in [0.5, 0.6) is 0 Å². The van der Waals surface area contributed by atoms with E-state index in [0.717, 1.165) is 12.3 Å². The number of alkyl halides is 3. The third kappa shape index (κ3) is 2.32. The lowest BCUT2D eigenvalue weighted by Crippen LogP contribution is -2.24. The molecule has 0 fully saturated rings. The van der Waals surface area contributed by atoms with Crippen molar-refractivity contribution in [3.8, 4) is 0 Å². The van der Waals surface area contributed by atoms with Gasteiger partial charge in [-0.1, -0.05) is 0 Å². The van der Waals surface area contributed by atoms with Gasteiger partial charge in [0.1, 0.15) is 5.92 Å². The van der Waals surface area contributed by atoms with Crippen LogP contribution in [0, 0.1) is 5.92 Å². The maximum Gasteiger partial charge on any atom is 0.417 e. The van der Waals surface area contributed by atoms with E-state index in [2.05, 4.69) is 9.72 Å². The Bertz CT molecular complexity index is 540. The summed E-state index contributed by atoms with van der Waals surface area (Å²) in [5.41, 5.74) is -1.56. The van der Waals surface area contributed by atoms with Crippen molar-refractivity contribution in [1.29, 1.82) is 0 Å². The highest BCUT2D eigenvalue weighted by Crippen LogP contribution is 2.37. The first-order valence-electron chi connectivity index (χ1n) is 5.62. The maximum absolute atomic E-state index is 12.8. The van der Waals surface area contributed by atoms with E-state index < -0.39 is 35.0 Å². The highest BCUT2D eigenvalue weighted by Gasteiger charge is 2.44. The molecule has 1 heterocycles. The van der Waals surface area contributed by atoms with Gasteiger partial charge < -0.3 is 4.74 Å². The van der Waals surface area contributed by atoms with E-state index in [9.17, 15) is 22.8 Å². The summed E-state index contributed by atoms with van der Waals surface area (Å²) in [6.07, 6.45) is -3.80. The highest BCUT2D eigenvalue weighted by atomic mass is 19.4. The predicted octanol–water partition coefficient (Wildman–Crippen LogP) is 2.02. The molecule has 0 saturated carbocycles. The molecule has 1 aliphatic rings. The van der Waals surface area contributed by atoms with Crippen LogP contribution in [0.2, 0.25) is 0 Å². The SMILES string of the molecule is CCOC(=O)C1Cc2nccc(C(F)(F)F)c2C1=O. The van der Waals surface area contributed by atoms with E-state index in [4.69, 9.17) is 0 Å². The summed E-state index contributed by atoms with van der Waals surface area (Å²) in [6.45, 7) is 1.63. The van der Waals surface area contributed by atoms with Crippen molar-refractivity contribution in [2.24, 2.45) is 5.92 Å². The first-order valence-corrected chi connectivity index (χ1v) is 5.62. The second-order valence-corrected chi connectivity index (χ2v) is 4.05. The molecule has 0 amide bonds. The molecular formula is C12H10F3NO3. The fourth-order valence-electron chi connectivity index (χ4n) is 2.06. The van der Waals surface area contributed by atoms with Gasteiger partial charge in [-0.25, -0.2) is 0 Å². The molecule has 0 saturated heterocycles. The van der Waals surface area contributed by atoms with E-state index >= 15 is 0 Å². The van der Waals surface area contributed by atoms with Gasteiger partial charge in [-0.2, -0.15) is 13.2 Å². The van der Waals surface area contributed by atoms with Gasteiger partial charge in [0.15, 0.2) is 5.78 Å². The Morgan fingerprint density at radius 2 is 2.21 bits per heavy atom. The Balaban J connectivity index is 2.42. The summed E-state index contributed by atoms with van der Waals surface area (Å²) < 4.78 is 43.1. The Morgan fingerprint density at radius 1 is 1.53 bits per heavy atom. The third-order valence-corrected chi connectivity index (χ3v) is 2.87. The van der Waals surface area contributed by atoms with Crippen molar-refractivity contribution in [3.05, 3.63) is 29.1 Å². The number of carbonyl (C=O) groups excluding carboxylic acids is 2. The molecule has 1 aliphatic carbocycles. The Labute approximate surface area is 106 Å². The number of esters is 1. The molecule has 2 rings (SSSR count). The van der Waals surface area contributed by atoms with Crippen molar-refractivity contribution in [1.82, 2.24) is 4.98 Å². The van der Waals surface area contributed by atoms with Crippen LogP contribution in [0.15, 0.2) is 12.3 Å². The van der Waals surface area contributed by atoms with E-state index in [1.807, 2.05) is 0 Å². The van der Waals surface area contributed by atoms with E-state index in [1.165, 1.54) is 0 Å². The molecule has 102 valence electrons. The second kappa shape index (κ2) is 4.64. The number of halogens is 3. The number of ether oxygens (including phenoxy) is 1. The number of rotatable bonds is 2. The van der Waals surface area contributed by atoms with Crippen LogP contribution in [-0.4, -0.2) is 23.3 Å². The van der Waals surface area contributed by atoms with Gasteiger partial charge in [0.25, 0.3) is 0 Å². The molecule has 4 nitrogen and oxygen atoms in total. The number of fused-ring (bicyclic) bond motifs is 1. The molecular weight excluding hydrogens is 263 g/mol. The Kier molecular flexibility index (Phi) is 3.30. The van der Waals surface area contributed by atoms with Gasteiger partial charge in [0.05, 0.1) is 23.4 Å². The molecule has 0 radical (unpaired) electrons. The topological polar surface area (TPSA) is 56.3 Å². The van der Waals surface area contributed by atoms with E-state index in [1.54, 1.807) is 6.92 Å². The summed E-state index contributed by atoms with van der Waals surface area (Å²) in [4.78, 5) is 27.2. The second-order valence-electron chi connectivity index (χ2n) is 4.05. The zero-order chi connectivity index (χ0) is 14.2. The molecule has 1 atom stereocenters. The van der Waals surface area contributed by atoms with Crippen molar-refractivity contribution in [2.45, 2.75) is 19.5 Å². The minimum atomic E-state index is -4.65. The van der Waals surface area contributed by atoms with Gasteiger partial charge in [-0.05, 0) is 13.0 Å². The Hall–Kier alpha value is -1.92. The van der Waals surface area contributed by atoms with Crippen LogP contribution in [0.25, 0.3) is 0 Å². The van der Waals surface area contributed by atoms with Crippen molar-refractivity contribution < 1.29 is 27.5 Å². The summed E-state index contributed by atoms with van der Waals surface area (Å²) in [7, 11) is 0. The number of ketones is 1. The number of hydrogen-bond donors (Lipinski definition) is 0. The predicted molar refractivity (Wildman–Crippen MR) is 57.4 cm³/mol.